The Bertz CT molecular complexity index is 403. The smallest absolute Gasteiger partial charge is 0.550 e. The van der Waals surface area contributed by atoms with Gasteiger partial charge in [0.15, 0.2) is 11.5 Å². The van der Waals surface area contributed by atoms with Crippen LogP contribution in [0.3, 0.4) is 0 Å². The van der Waals surface area contributed by atoms with Crippen molar-refractivity contribution in [3.8, 4) is 11.5 Å². The number of hydrogen-bond acceptors (Lipinski definition) is 4. The van der Waals surface area contributed by atoms with E-state index in [1.807, 2.05) is 19.1 Å². The van der Waals surface area contributed by atoms with Crippen LogP contribution in [0.4, 0.5) is 0 Å². The maximum Gasteiger partial charge on any atom is 1.00 e. The van der Waals surface area contributed by atoms with Gasteiger partial charge in [0.1, 0.15) is 0 Å². The number of hydrogen-bond donors (Lipinski definition) is 0. The van der Waals surface area contributed by atoms with E-state index in [1.165, 1.54) is 0 Å². The van der Waals surface area contributed by atoms with Crippen molar-refractivity contribution < 1.29 is 48.9 Å². The van der Waals surface area contributed by atoms with Gasteiger partial charge in [0.2, 0.25) is 6.79 Å². The van der Waals surface area contributed by atoms with E-state index in [9.17, 15) is 9.90 Å². The van der Waals surface area contributed by atoms with Gasteiger partial charge in [0.05, 0.1) is 0 Å². The summed E-state index contributed by atoms with van der Waals surface area (Å²) in [7, 11) is 0. The first kappa shape index (κ1) is 13.4. The largest absolute Gasteiger partial charge is 1.00 e. The van der Waals surface area contributed by atoms with E-state index in [1.54, 1.807) is 0 Å². The Hall–Kier alpha value is -0.710. The van der Waals surface area contributed by atoms with Crippen LogP contribution < -0.4 is 44.1 Å². The zero-order valence-corrected chi connectivity index (χ0v) is 11.4. The van der Waals surface area contributed by atoms with E-state index in [0.29, 0.717) is 12.2 Å². The van der Waals surface area contributed by atoms with Crippen LogP contribution in [-0.4, -0.2) is 12.8 Å². The third-order valence-corrected chi connectivity index (χ3v) is 2.43. The molecule has 0 atom stereocenters. The molecule has 5 heteroatoms. The molecule has 0 spiro atoms. The maximum absolute atomic E-state index is 10.4. The number of aryl methyl sites for hydroxylation is 2. The summed E-state index contributed by atoms with van der Waals surface area (Å²) in [6, 6.07) is 3.70. The minimum Gasteiger partial charge on any atom is -0.550 e. The molecule has 0 amide bonds. The predicted molar refractivity (Wildman–Crippen MR) is 50.6 cm³/mol. The maximum atomic E-state index is 10.4. The second-order valence-corrected chi connectivity index (χ2v) is 3.50. The number of fused-ring (bicyclic) bond motifs is 1. The van der Waals surface area contributed by atoms with Crippen molar-refractivity contribution in [3.63, 3.8) is 0 Å². The molecule has 80 valence electrons. The average Bonchev–Trinajstić information content (AvgIpc) is 2.60. The fraction of sp³-hybridized carbons (Fsp3) is 0.364. The van der Waals surface area contributed by atoms with Crippen LogP contribution >= 0.6 is 0 Å². The molecule has 16 heavy (non-hydrogen) atoms. The molecule has 0 unspecified atom stereocenters. The average molecular weight is 230 g/mol. The summed E-state index contributed by atoms with van der Waals surface area (Å²) >= 11 is 0. The van der Waals surface area contributed by atoms with Gasteiger partial charge in [-0.2, -0.15) is 0 Å². The summed E-state index contributed by atoms with van der Waals surface area (Å²) in [5, 5.41) is 10.4. The molecule has 0 bridgehead atoms. The third-order valence-electron chi connectivity index (χ3n) is 2.43. The molecule has 0 aromatic heterocycles. The minimum absolute atomic E-state index is 0. The number of carbonyl (C=O) groups excluding carboxylic acids is 1. The predicted octanol–water partition coefficient (Wildman–Crippen LogP) is -2.59. The number of ether oxygens (including phenoxy) is 2. The molecule has 1 aliphatic rings. The number of rotatable bonds is 3. The summed E-state index contributed by atoms with van der Waals surface area (Å²) in [5.74, 6) is 0.380. The van der Waals surface area contributed by atoms with Gasteiger partial charge < -0.3 is 19.4 Å². The third kappa shape index (κ3) is 2.90. The van der Waals surface area contributed by atoms with Crippen LogP contribution in [-0.2, 0) is 11.2 Å². The van der Waals surface area contributed by atoms with Crippen molar-refractivity contribution >= 4 is 5.97 Å². The monoisotopic (exact) mass is 230 g/mol. The molecule has 0 N–H and O–H groups in total. The normalized spacial score (nSPS) is 12.1. The second kappa shape index (κ2) is 5.57. The molecular formula is C11H11NaO4. The van der Waals surface area contributed by atoms with Gasteiger partial charge in [0.25, 0.3) is 0 Å². The van der Waals surface area contributed by atoms with Gasteiger partial charge in [-0.3, -0.25) is 0 Å². The summed E-state index contributed by atoms with van der Waals surface area (Å²) < 4.78 is 10.4. The Kier molecular flexibility index (Phi) is 4.65. The number of carbonyl (C=O) groups is 1. The molecule has 0 radical (unpaired) electrons. The minimum atomic E-state index is -1.04. The van der Waals surface area contributed by atoms with Gasteiger partial charge in [-0.05, 0) is 43.0 Å². The number of aliphatic carboxylic acids is 1. The Morgan fingerprint density at radius 2 is 2.00 bits per heavy atom. The molecule has 2 rings (SSSR count). The van der Waals surface area contributed by atoms with Crippen LogP contribution in [0.25, 0.3) is 0 Å². The summed E-state index contributed by atoms with van der Waals surface area (Å²) in [5.41, 5.74) is 1.98. The Morgan fingerprint density at radius 1 is 1.38 bits per heavy atom. The van der Waals surface area contributed by atoms with E-state index in [4.69, 9.17) is 9.47 Å². The van der Waals surface area contributed by atoms with Gasteiger partial charge in [-0.15, -0.1) is 0 Å². The molecule has 0 saturated carbocycles. The van der Waals surface area contributed by atoms with Crippen LogP contribution in [0.1, 0.15) is 17.5 Å². The number of carboxylic acid groups (broad SMARTS) is 1. The van der Waals surface area contributed by atoms with Crippen molar-refractivity contribution in [1.29, 1.82) is 0 Å². The first-order valence-electron chi connectivity index (χ1n) is 4.76. The van der Waals surface area contributed by atoms with Crippen molar-refractivity contribution in [1.82, 2.24) is 0 Å². The summed E-state index contributed by atoms with van der Waals surface area (Å²) in [4.78, 5) is 10.4. The van der Waals surface area contributed by atoms with Crippen molar-refractivity contribution in [2.75, 3.05) is 6.79 Å². The van der Waals surface area contributed by atoms with Gasteiger partial charge in [-0.1, -0.05) is 0 Å². The van der Waals surface area contributed by atoms with Crippen molar-refractivity contribution in [3.05, 3.63) is 23.3 Å². The number of benzene rings is 1. The Morgan fingerprint density at radius 3 is 2.62 bits per heavy atom. The fourth-order valence-electron chi connectivity index (χ4n) is 1.59. The molecule has 0 saturated heterocycles. The van der Waals surface area contributed by atoms with E-state index < -0.39 is 5.97 Å². The standard InChI is InChI=1S/C11H12O4.Na/c1-7-4-9-10(15-6-14-9)5-8(7)2-3-11(12)13;/h4-5H,2-3,6H2,1H3,(H,12,13);/q;+1/p-1. The summed E-state index contributed by atoms with van der Waals surface area (Å²) in [6.45, 7) is 2.16. The topological polar surface area (TPSA) is 58.6 Å². The molecule has 4 nitrogen and oxygen atoms in total. The molecule has 1 heterocycles. The second-order valence-electron chi connectivity index (χ2n) is 3.50. The van der Waals surface area contributed by atoms with Crippen LogP contribution in [0, 0.1) is 6.92 Å². The molecule has 1 aromatic carbocycles. The van der Waals surface area contributed by atoms with E-state index in [-0.39, 0.29) is 42.8 Å². The first-order valence-corrected chi connectivity index (χ1v) is 4.76. The number of carboxylic acids is 1. The Labute approximate surface area is 116 Å². The molecule has 0 aliphatic carbocycles. The Balaban J connectivity index is 0.00000128. The van der Waals surface area contributed by atoms with E-state index in [0.717, 1.165) is 16.9 Å². The SMILES string of the molecule is Cc1cc2c(cc1CCC(=O)[O-])OCO2.[Na+]. The first-order chi connectivity index (χ1) is 7.16. The van der Waals surface area contributed by atoms with E-state index in [2.05, 4.69) is 0 Å². The molecule has 0 fully saturated rings. The van der Waals surface area contributed by atoms with Crippen LogP contribution in [0.2, 0.25) is 0 Å². The van der Waals surface area contributed by atoms with E-state index >= 15 is 0 Å². The van der Waals surface area contributed by atoms with Gasteiger partial charge in [-0.25, -0.2) is 0 Å². The van der Waals surface area contributed by atoms with Crippen LogP contribution in [0.15, 0.2) is 12.1 Å². The molecular weight excluding hydrogens is 219 g/mol. The van der Waals surface area contributed by atoms with Crippen LogP contribution in [0.5, 0.6) is 11.5 Å². The zero-order valence-electron chi connectivity index (χ0n) is 9.41. The zero-order chi connectivity index (χ0) is 10.8. The summed E-state index contributed by atoms with van der Waals surface area (Å²) in [6.07, 6.45) is 0.491. The van der Waals surface area contributed by atoms with Crippen molar-refractivity contribution in [2.24, 2.45) is 0 Å². The van der Waals surface area contributed by atoms with Gasteiger partial charge >= 0.3 is 29.6 Å². The van der Waals surface area contributed by atoms with Crippen molar-refractivity contribution in [2.45, 2.75) is 19.8 Å². The molecule has 1 aliphatic heterocycles. The quantitative estimate of drug-likeness (QED) is 0.535. The van der Waals surface area contributed by atoms with Gasteiger partial charge in [0, 0.05) is 5.97 Å². The fourth-order valence-corrected chi connectivity index (χ4v) is 1.59. The molecule has 1 aromatic rings.